The van der Waals surface area contributed by atoms with Gasteiger partial charge in [0.15, 0.2) is 5.01 Å². The number of thiophene rings is 1. The van der Waals surface area contributed by atoms with Crippen molar-refractivity contribution in [3.05, 3.63) is 69.7 Å². The number of anilines is 1. The summed E-state index contributed by atoms with van der Waals surface area (Å²) in [6.45, 7) is 2.90. The summed E-state index contributed by atoms with van der Waals surface area (Å²) in [7, 11) is 0. The Labute approximate surface area is 190 Å². The normalized spacial score (nSPS) is 14.7. The molecule has 0 saturated carbocycles. The van der Waals surface area contributed by atoms with E-state index in [2.05, 4.69) is 20.3 Å². The second-order valence-corrected chi connectivity index (χ2v) is 9.27. The van der Waals surface area contributed by atoms with E-state index in [4.69, 9.17) is 0 Å². The minimum Gasteiger partial charge on any atom is -0.322 e. The Morgan fingerprint density at radius 1 is 1.12 bits per heavy atom. The predicted molar refractivity (Wildman–Crippen MR) is 123 cm³/mol. The molecule has 164 valence electrons. The van der Waals surface area contributed by atoms with E-state index in [0.717, 1.165) is 9.88 Å². The Morgan fingerprint density at radius 3 is 2.72 bits per heavy atom. The zero-order valence-corrected chi connectivity index (χ0v) is 18.5. The molecule has 11 heteroatoms. The third-order valence-corrected chi connectivity index (χ3v) is 7.10. The molecule has 2 amide bonds. The highest BCUT2D eigenvalue weighted by Crippen LogP contribution is 2.28. The highest BCUT2D eigenvalue weighted by Gasteiger charge is 2.22. The van der Waals surface area contributed by atoms with E-state index in [-0.39, 0.29) is 11.6 Å². The zero-order chi connectivity index (χ0) is 22.1. The minimum atomic E-state index is -0.392. The van der Waals surface area contributed by atoms with E-state index < -0.39 is 5.82 Å². The first kappa shape index (κ1) is 20.7. The van der Waals surface area contributed by atoms with Crippen LogP contribution >= 0.6 is 22.7 Å². The monoisotopic (exact) mass is 470 g/mol. The van der Waals surface area contributed by atoms with Crippen LogP contribution < -0.4 is 10.9 Å². The van der Waals surface area contributed by atoms with Gasteiger partial charge in [-0.2, -0.15) is 9.61 Å². The van der Waals surface area contributed by atoms with Crippen LogP contribution in [-0.2, 0) is 6.54 Å². The average molecular weight is 471 g/mol. The smallest absolute Gasteiger partial charge is 0.321 e. The third-order valence-electron chi connectivity index (χ3n) is 5.15. The molecule has 3 aromatic heterocycles. The molecule has 1 N–H and O–H groups in total. The molecule has 8 nitrogen and oxygen atoms in total. The number of hydrogen-bond acceptors (Lipinski definition) is 7. The van der Waals surface area contributed by atoms with Crippen molar-refractivity contribution in [1.29, 1.82) is 0 Å². The quantitative estimate of drug-likeness (QED) is 0.495. The Morgan fingerprint density at radius 2 is 1.97 bits per heavy atom. The number of carbonyl (C=O) groups excluding carboxylic acids is 1. The number of hydrogen-bond donors (Lipinski definition) is 1. The number of nitrogens with one attached hydrogen (secondary N) is 1. The molecule has 0 unspecified atom stereocenters. The van der Waals surface area contributed by atoms with Gasteiger partial charge in [0, 0.05) is 44.5 Å². The number of rotatable bonds is 4. The van der Waals surface area contributed by atoms with Crippen molar-refractivity contribution in [3.8, 4) is 9.88 Å². The Bertz CT molecular complexity index is 1310. The molecular weight excluding hydrogens is 451 g/mol. The number of piperazine rings is 1. The van der Waals surface area contributed by atoms with Crippen molar-refractivity contribution >= 4 is 39.4 Å². The Balaban J connectivity index is 1.22. The molecule has 0 aliphatic carbocycles. The van der Waals surface area contributed by atoms with Crippen LogP contribution in [0.25, 0.3) is 14.8 Å². The Kier molecular flexibility index (Phi) is 5.68. The summed E-state index contributed by atoms with van der Waals surface area (Å²) in [6.07, 6.45) is 0. The van der Waals surface area contributed by atoms with Gasteiger partial charge in [0.1, 0.15) is 5.82 Å². The second-order valence-electron chi connectivity index (χ2n) is 7.37. The molecule has 32 heavy (non-hydrogen) atoms. The molecule has 5 rings (SSSR count). The van der Waals surface area contributed by atoms with Crippen LogP contribution in [0, 0.1) is 5.82 Å². The summed E-state index contributed by atoms with van der Waals surface area (Å²) in [6, 6.07) is 11.0. The van der Waals surface area contributed by atoms with Gasteiger partial charge in [-0.3, -0.25) is 9.69 Å². The molecule has 1 aliphatic rings. The molecule has 1 aromatic carbocycles. The lowest BCUT2D eigenvalue weighted by Gasteiger charge is -2.34. The molecule has 4 heterocycles. The fourth-order valence-electron chi connectivity index (χ4n) is 3.54. The van der Waals surface area contributed by atoms with Crippen LogP contribution in [0.3, 0.4) is 0 Å². The van der Waals surface area contributed by atoms with Crippen LogP contribution in [-0.4, -0.2) is 56.6 Å². The summed E-state index contributed by atoms with van der Waals surface area (Å²) >= 11 is 2.97. The minimum absolute atomic E-state index is 0.197. The van der Waals surface area contributed by atoms with Crippen molar-refractivity contribution < 1.29 is 9.18 Å². The molecule has 0 atom stereocenters. The van der Waals surface area contributed by atoms with Crippen molar-refractivity contribution in [3.63, 3.8) is 0 Å². The molecule has 1 fully saturated rings. The number of carbonyl (C=O) groups is 1. The van der Waals surface area contributed by atoms with Gasteiger partial charge in [-0.1, -0.05) is 23.5 Å². The van der Waals surface area contributed by atoms with E-state index in [0.29, 0.717) is 49.1 Å². The fourth-order valence-corrected chi connectivity index (χ4v) is 5.26. The zero-order valence-electron chi connectivity index (χ0n) is 16.9. The maximum atomic E-state index is 13.3. The summed E-state index contributed by atoms with van der Waals surface area (Å²) in [5, 5.41) is 9.87. The topological polar surface area (TPSA) is 82.8 Å². The van der Waals surface area contributed by atoms with Gasteiger partial charge < -0.3 is 10.2 Å². The lowest BCUT2D eigenvalue weighted by Crippen LogP contribution is -2.49. The van der Waals surface area contributed by atoms with Gasteiger partial charge in [-0.05, 0) is 29.6 Å². The van der Waals surface area contributed by atoms with Crippen molar-refractivity contribution in [2.24, 2.45) is 0 Å². The maximum Gasteiger partial charge on any atom is 0.321 e. The second kappa shape index (κ2) is 8.77. The van der Waals surface area contributed by atoms with Crippen LogP contribution in [0.2, 0.25) is 0 Å². The number of urea groups is 1. The third kappa shape index (κ3) is 4.40. The van der Waals surface area contributed by atoms with Gasteiger partial charge in [0.25, 0.3) is 5.56 Å². The number of amides is 2. The largest absolute Gasteiger partial charge is 0.322 e. The van der Waals surface area contributed by atoms with E-state index in [9.17, 15) is 14.0 Å². The van der Waals surface area contributed by atoms with E-state index >= 15 is 0 Å². The maximum absolute atomic E-state index is 13.3. The van der Waals surface area contributed by atoms with Gasteiger partial charge in [0.05, 0.1) is 10.6 Å². The first-order valence-electron chi connectivity index (χ1n) is 10.0. The van der Waals surface area contributed by atoms with E-state index in [1.165, 1.54) is 34.1 Å². The fraction of sp³-hybridized carbons (Fsp3) is 0.238. The standard InChI is InChI=1S/C21H19FN6O2S2/c22-14-3-1-4-15(11-14)23-20(30)27-8-6-26(7-9-27)13-16-12-18(29)28-21(24-16)32-19(25-28)17-5-2-10-31-17/h1-5,10-12H,6-9,13H2,(H,23,30). The highest BCUT2D eigenvalue weighted by molar-refractivity contribution is 7.23. The number of fused-ring (bicyclic) bond motifs is 1. The lowest BCUT2D eigenvalue weighted by atomic mass is 10.3. The summed E-state index contributed by atoms with van der Waals surface area (Å²) < 4.78 is 14.7. The predicted octanol–water partition coefficient (Wildman–Crippen LogP) is 3.37. The van der Waals surface area contributed by atoms with E-state index in [1.54, 1.807) is 28.4 Å². The summed E-state index contributed by atoms with van der Waals surface area (Å²) in [5.74, 6) is -0.392. The molecule has 1 aliphatic heterocycles. The van der Waals surface area contributed by atoms with Crippen LogP contribution in [0.4, 0.5) is 14.9 Å². The SMILES string of the molecule is O=C(Nc1cccc(F)c1)N1CCN(Cc2cc(=O)n3nc(-c4cccs4)sc3n2)CC1. The van der Waals surface area contributed by atoms with Crippen LogP contribution in [0.1, 0.15) is 5.69 Å². The highest BCUT2D eigenvalue weighted by atomic mass is 32.1. The number of aromatic nitrogens is 3. The van der Waals surface area contributed by atoms with Gasteiger partial charge in [-0.25, -0.2) is 14.2 Å². The first-order valence-corrected chi connectivity index (χ1v) is 11.7. The average Bonchev–Trinajstić information content (AvgIpc) is 3.44. The lowest BCUT2D eigenvalue weighted by molar-refractivity contribution is 0.142. The number of benzene rings is 1. The molecular formula is C21H19FN6O2S2. The molecule has 0 radical (unpaired) electrons. The Hall–Kier alpha value is -3.15. The molecule has 1 saturated heterocycles. The summed E-state index contributed by atoms with van der Waals surface area (Å²) in [4.78, 5) is 35.0. The molecule has 0 spiro atoms. The van der Waals surface area contributed by atoms with Crippen LogP contribution in [0.15, 0.2) is 52.6 Å². The number of nitrogens with zero attached hydrogens (tertiary/aromatic N) is 5. The van der Waals surface area contributed by atoms with Crippen molar-refractivity contribution in [2.75, 3.05) is 31.5 Å². The first-order chi connectivity index (χ1) is 15.5. The van der Waals surface area contributed by atoms with Crippen molar-refractivity contribution in [2.45, 2.75) is 6.54 Å². The van der Waals surface area contributed by atoms with Gasteiger partial charge >= 0.3 is 6.03 Å². The van der Waals surface area contributed by atoms with Crippen molar-refractivity contribution in [1.82, 2.24) is 24.4 Å². The molecule has 0 bridgehead atoms. The van der Waals surface area contributed by atoms with Gasteiger partial charge in [-0.15, -0.1) is 11.3 Å². The van der Waals surface area contributed by atoms with Gasteiger partial charge in [0.2, 0.25) is 4.96 Å². The van der Waals surface area contributed by atoms with E-state index in [1.807, 2.05) is 17.5 Å². The number of halogens is 1. The van der Waals surface area contributed by atoms with Crippen LogP contribution in [0.5, 0.6) is 0 Å². The summed E-state index contributed by atoms with van der Waals surface area (Å²) in [5.41, 5.74) is 0.924. The molecule has 4 aromatic rings.